The average molecular weight is 191 g/mol. The molecule has 1 rings (SSSR count). The van der Waals surface area contributed by atoms with E-state index in [0.29, 0.717) is 6.42 Å². The Morgan fingerprint density at radius 3 is 2.86 bits per heavy atom. The van der Waals surface area contributed by atoms with Gasteiger partial charge in [-0.1, -0.05) is 19.9 Å². The van der Waals surface area contributed by atoms with Crippen LogP contribution in [0.2, 0.25) is 0 Å². The molecular weight excluding hydrogens is 174 g/mol. The molecule has 0 radical (unpaired) electrons. The highest BCUT2D eigenvalue weighted by Crippen LogP contribution is 1.93. The van der Waals surface area contributed by atoms with Gasteiger partial charge in [-0.3, -0.25) is 4.98 Å². The Balaban J connectivity index is 0.000000791. The van der Waals surface area contributed by atoms with Crippen LogP contribution in [0, 0.1) is 11.3 Å². The number of aromatic nitrogens is 1. The third-order valence-electron chi connectivity index (χ3n) is 1.47. The van der Waals surface area contributed by atoms with E-state index in [4.69, 9.17) is 5.26 Å². The predicted octanol–water partition coefficient (Wildman–Crippen LogP) is 2.11. The number of hydrogen-bond donors (Lipinski definition) is 1. The number of rotatable bonds is 4. The Hall–Kier alpha value is -1.40. The van der Waals surface area contributed by atoms with Crippen LogP contribution >= 0.6 is 0 Å². The van der Waals surface area contributed by atoms with Crippen molar-refractivity contribution >= 4 is 0 Å². The fraction of sp³-hybridized carbons (Fsp3) is 0.455. The number of hydrogen-bond acceptors (Lipinski definition) is 3. The van der Waals surface area contributed by atoms with E-state index in [1.54, 1.807) is 6.20 Å². The van der Waals surface area contributed by atoms with Crippen LogP contribution in [0.25, 0.3) is 0 Å². The average Bonchev–Trinajstić information content (AvgIpc) is 2.29. The van der Waals surface area contributed by atoms with Crippen molar-refractivity contribution in [3.05, 3.63) is 30.1 Å². The molecule has 1 aromatic heterocycles. The molecule has 0 saturated carbocycles. The topological polar surface area (TPSA) is 48.7 Å². The number of nitriles is 1. The molecule has 0 bridgehead atoms. The fourth-order valence-electron chi connectivity index (χ4n) is 0.880. The molecule has 0 atom stereocenters. The van der Waals surface area contributed by atoms with Crippen molar-refractivity contribution in [1.82, 2.24) is 10.3 Å². The smallest absolute Gasteiger partial charge is 0.0635 e. The maximum absolute atomic E-state index is 8.26. The summed E-state index contributed by atoms with van der Waals surface area (Å²) in [7, 11) is 0. The Labute approximate surface area is 85.8 Å². The highest BCUT2D eigenvalue weighted by Gasteiger charge is 1.89. The van der Waals surface area contributed by atoms with E-state index in [9.17, 15) is 0 Å². The molecule has 0 aromatic carbocycles. The second-order valence-corrected chi connectivity index (χ2v) is 2.45. The quantitative estimate of drug-likeness (QED) is 0.741. The van der Waals surface area contributed by atoms with Crippen molar-refractivity contribution in [3.63, 3.8) is 0 Å². The third-order valence-corrected chi connectivity index (χ3v) is 1.47. The van der Waals surface area contributed by atoms with Crippen LogP contribution in [0.15, 0.2) is 24.5 Å². The maximum Gasteiger partial charge on any atom is 0.0635 e. The van der Waals surface area contributed by atoms with Gasteiger partial charge < -0.3 is 5.32 Å². The summed E-state index contributed by atoms with van der Waals surface area (Å²) in [4.78, 5) is 3.98. The molecule has 0 unspecified atom stereocenters. The van der Waals surface area contributed by atoms with Gasteiger partial charge in [-0.05, 0) is 11.6 Å². The number of nitrogens with zero attached hydrogens (tertiary/aromatic N) is 2. The zero-order chi connectivity index (χ0) is 10.6. The first-order valence-electron chi connectivity index (χ1n) is 4.90. The predicted molar refractivity (Wildman–Crippen MR) is 57.5 cm³/mol. The van der Waals surface area contributed by atoms with E-state index in [0.717, 1.165) is 18.7 Å². The molecular formula is C11H17N3. The van der Waals surface area contributed by atoms with Gasteiger partial charge in [0.2, 0.25) is 0 Å². The molecule has 0 spiro atoms. The van der Waals surface area contributed by atoms with Gasteiger partial charge in [0.25, 0.3) is 0 Å². The molecule has 0 fully saturated rings. The van der Waals surface area contributed by atoms with Crippen LogP contribution in [-0.2, 0) is 6.54 Å². The zero-order valence-electron chi connectivity index (χ0n) is 8.83. The van der Waals surface area contributed by atoms with Crippen molar-refractivity contribution in [2.45, 2.75) is 26.8 Å². The monoisotopic (exact) mass is 191 g/mol. The van der Waals surface area contributed by atoms with Gasteiger partial charge in [-0.15, -0.1) is 0 Å². The summed E-state index contributed by atoms with van der Waals surface area (Å²) in [6.07, 6.45) is 4.12. The second kappa shape index (κ2) is 9.69. The largest absolute Gasteiger partial charge is 0.312 e. The lowest BCUT2D eigenvalue weighted by Crippen LogP contribution is -2.14. The SMILES string of the molecule is CC.N#CCCNCc1cccnc1. The normalized spacial score (nSPS) is 8.36. The Morgan fingerprint density at radius 1 is 1.50 bits per heavy atom. The molecule has 1 aromatic rings. The zero-order valence-corrected chi connectivity index (χ0v) is 8.83. The standard InChI is InChI=1S/C9H11N3.C2H6/c10-4-2-6-12-8-9-3-1-5-11-7-9;1-2/h1,3,5,7,12H,2,6,8H2;1-2H3. The molecule has 1 N–H and O–H groups in total. The van der Waals surface area contributed by atoms with Crippen molar-refractivity contribution in [1.29, 1.82) is 5.26 Å². The molecule has 0 saturated heterocycles. The summed E-state index contributed by atoms with van der Waals surface area (Å²) in [6, 6.07) is 5.99. The third kappa shape index (κ3) is 6.15. The molecule has 0 aliphatic heterocycles. The molecule has 76 valence electrons. The van der Waals surface area contributed by atoms with Gasteiger partial charge in [0, 0.05) is 31.9 Å². The minimum absolute atomic E-state index is 0.556. The first-order valence-corrected chi connectivity index (χ1v) is 4.90. The molecule has 3 nitrogen and oxygen atoms in total. The van der Waals surface area contributed by atoms with Gasteiger partial charge >= 0.3 is 0 Å². The molecule has 3 heteroatoms. The summed E-state index contributed by atoms with van der Waals surface area (Å²) < 4.78 is 0. The van der Waals surface area contributed by atoms with Gasteiger partial charge in [0.1, 0.15) is 0 Å². The summed E-state index contributed by atoms with van der Waals surface area (Å²) in [5, 5.41) is 11.4. The summed E-state index contributed by atoms with van der Waals surface area (Å²) in [5.41, 5.74) is 1.15. The second-order valence-electron chi connectivity index (χ2n) is 2.45. The van der Waals surface area contributed by atoms with E-state index in [2.05, 4.69) is 16.4 Å². The van der Waals surface area contributed by atoms with E-state index in [1.165, 1.54) is 0 Å². The van der Waals surface area contributed by atoms with Gasteiger partial charge in [-0.25, -0.2) is 0 Å². The van der Waals surface area contributed by atoms with Crippen molar-refractivity contribution in [3.8, 4) is 6.07 Å². The summed E-state index contributed by atoms with van der Waals surface area (Å²) in [6.45, 7) is 5.53. The molecule has 1 heterocycles. The van der Waals surface area contributed by atoms with Gasteiger partial charge in [-0.2, -0.15) is 5.26 Å². The molecule has 14 heavy (non-hydrogen) atoms. The van der Waals surface area contributed by atoms with Gasteiger partial charge in [0.15, 0.2) is 0 Å². The van der Waals surface area contributed by atoms with Crippen LogP contribution in [0.3, 0.4) is 0 Å². The minimum atomic E-state index is 0.556. The van der Waals surface area contributed by atoms with Gasteiger partial charge in [0.05, 0.1) is 6.07 Å². The maximum atomic E-state index is 8.26. The van der Waals surface area contributed by atoms with Crippen LogP contribution in [0.1, 0.15) is 25.8 Å². The lowest BCUT2D eigenvalue weighted by atomic mass is 10.3. The first kappa shape index (κ1) is 12.6. The molecule has 0 amide bonds. The Morgan fingerprint density at radius 2 is 2.29 bits per heavy atom. The number of nitrogens with one attached hydrogen (secondary N) is 1. The number of pyridine rings is 1. The van der Waals surface area contributed by atoms with E-state index in [1.807, 2.05) is 32.2 Å². The fourth-order valence-corrected chi connectivity index (χ4v) is 0.880. The highest BCUT2D eigenvalue weighted by atomic mass is 14.8. The Bertz CT molecular complexity index is 251. The van der Waals surface area contributed by atoms with Crippen molar-refractivity contribution < 1.29 is 0 Å². The van der Waals surface area contributed by atoms with Crippen molar-refractivity contribution in [2.75, 3.05) is 6.54 Å². The molecule has 0 aliphatic carbocycles. The molecule has 0 aliphatic rings. The van der Waals surface area contributed by atoms with Crippen molar-refractivity contribution in [2.24, 2.45) is 0 Å². The van der Waals surface area contributed by atoms with E-state index in [-0.39, 0.29) is 0 Å². The van der Waals surface area contributed by atoms with Crippen LogP contribution in [-0.4, -0.2) is 11.5 Å². The van der Waals surface area contributed by atoms with E-state index < -0.39 is 0 Å². The lowest BCUT2D eigenvalue weighted by Gasteiger charge is -2.00. The first-order chi connectivity index (χ1) is 6.93. The lowest BCUT2D eigenvalue weighted by molar-refractivity contribution is 0.697. The summed E-state index contributed by atoms with van der Waals surface area (Å²) in [5.74, 6) is 0. The Kier molecular flexibility index (Phi) is 8.72. The highest BCUT2D eigenvalue weighted by molar-refractivity contribution is 5.07. The summed E-state index contributed by atoms with van der Waals surface area (Å²) >= 11 is 0. The minimum Gasteiger partial charge on any atom is -0.312 e. The van der Waals surface area contributed by atoms with Crippen LogP contribution in [0.4, 0.5) is 0 Å². The van der Waals surface area contributed by atoms with Crippen LogP contribution < -0.4 is 5.32 Å². The van der Waals surface area contributed by atoms with Crippen LogP contribution in [0.5, 0.6) is 0 Å². The van der Waals surface area contributed by atoms with E-state index >= 15 is 0 Å².